The molecule has 0 amide bonds. The Hall–Kier alpha value is -9.28. The number of nitrogens with zero attached hydrogens (tertiary/aromatic N) is 11. The number of halogens is 3. The fourth-order valence-corrected chi connectivity index (χ4v) is 12.9. The van der Waals surface area contributed by atoms with Gasteiger partial charge in [0, 0.05) is 40.1 Å². The van der Waals surface area contributed by atoms with Crippen LogP contribution in [-0.4, -0.2) is 119 Å². The van der Waals surface area contributed by atoms with Crippen LogP contribution >= 0.6 is 34.8 Å². The molecule has 20 nitrogen and oxygen atoms in total. The number of hydrogen-bond acceptors (Lipinski definition) is 20. The number of sulfone groups is 4. The molecule has 11 aromatic rings. The van der Waals surface area contributed by atoms with Gasteiger partial charge < -0.3 is 4.52 Å². The average Bonchev–Trinajstić information content (AvgIpc) is 1.54. The van der Waals surface area contributed by atoms with Crippen LogP contribution in [0.2, 0.25) is 35.1 Å². The van der Waals surface area contributed by atoms with Gasteiger partial charge >= 0.3 is 0 Å². The number of rotatable bonds is 13. The number of benzene rings is 5. The van der Waals surface area contributed by atoms with Crippen LogP contribution in [0.5, 0.6) is 0 Å². The zero-order valence-corrected chi connectivity index (χ0v) is 61.2. The standard InChI is InChI=1S/C22H19N3O3S.C18H22N2O2SSi.C15H14N2O2S.C11H9ClN2O2S.C4H2Cl2N2/c1-15(2)29(26,27)18-10-8-17(9-11-18)20-13-23-14-21(24-20)22-12-19(25-28-22)16-6-4-3-5-7-16;1-14(2)23(21,22)17-8-6-15(7-9-17)18-13-19-12-16(20-18)10-11-24(3,4)5;1-4-13-9-16-10-15(17-13)12-5-7-14(8-6-12)20(18,19)11(2)3;1-17(15,16)9-4-2-8(3-5-9)10-6-13-7-11(12)14-10;5-3-1-7-2-4(6)8-3/h3-15H,1-2H3;6-9,12-14H,1-5H3;1,5-11H,2-3H3;2-7H,1H3;1-2H. The Labute approximate surface area is 587 Å². The molecule has 28 heteroatoms. The molecule has 0 aliphatic carbocycles. The third kappa shape index (κ3) is 21.6. The first-order valence-corrected chi connectivity index (χ1v) is 40.8. The normalized spacial score (nSPS) is 11.4. The van der Waals surface area contributed by atoms with Gasteiger partial charge in [-0.15, -0.1) is 12.0 Å². The minimum Gasteiger partial charge on any atom is -0.354 e. The molecule has 11 rings (SSSR count). The maximum absolute atomic E-state index is 12.3. The predicted octanol–water partition coefficient (Wildman–Crippen LogP) is 14.5. The maximum Gasteiger partial charge on any atom is 0.187 e. The summed E-state index contributed by atoms with van der Waals surface area (Å²) >= 11 is 16.5. The molecule has 6 heterocycles. The zero-order valence-electron chi connectivity index (χ0n) is 54.6. The van der Waals surface area contributed by atoms with Crippen molar-refractivity contribution in [3.8, 4) is 91.5 Å². The largest absolute Gasteiger partial charge is 0.354 e. The molecule has 0 spiro atoms. The predicted molar refractivity (Wildman–Crippen MR) is 386 cm³/mol. The van der Waals surface area contributed by atoms with E-state index in [4.69, 9.17) is 45.7 Å². The number of hydrogen-bond donors (Lipinski definition) is 0. The Morgan fingerprint density at radius 1 is 0.398 bits per heavy atom. The van der Waals surface area contributed by atoms with Gasteiger partial charge in [0.05, 0.1) is 120 Å². The molecule has 504 valence electrons. The van der Waals surface area contributed by atoms with E-state index >= 15 is 0 Å². The van der Waals surface area contributed by atoms with Gasteiger partial charge in [-0.3, -0.25) is 24.9 Å². The van der Waals surface area contributed by atoms with Crippen molar-refractivity contribution >= 4 is 82.2 Å². The molecular formula is C70H66Cl3N11O9S4Si. The van der Waals surface area contributed by atoms with Crippen LogP contribution in [0, 0.1) is 23.8 Å². The Morgan fingerprint density at radius 2 is 0.735 bits per heavy atom. The van der Waals surface area contributed by atoms with E-state index in [1.807, 2.05) is 36.4 Å². The molecule has 0 unspecified atom stereocenters. The fourth-order valence-electron chi connectivity index (χ4n) is 8.09. The Morgan fingerprint density at radius 3 is 1.11 bits per heavy atom. The third-order valence-corrected chi connectivity index (χ3v) is 22.6. The lowest BCUT2D eigenvalue weighted by Gasteiger charge is -2.08. The van der Waals surface area contributed by atoms with Crippen molar-refractivity contribution in [3.63, 3.8) is 0 Å². The molecule has 0 N–H and O–H groups in total. The number of terminal acetylenes is 1. The van der Waals surface area contributed by atoms with Crippen LogP contribution in [0.15, 0.2) is 220 Å². The van der Waals surface area contributed by atoms with Gasteiger partial charge in [0.1, 0.15) is 46.3 Å². The van der Waals surface area contributed by atoms with Gasteiger partial charge in [0.2, 0.25) is 0 Å². The van der Waals surface area contributed by atoms with Crippen LogP contribution in [-0.2, 0) is 39.3 Å². The second-order valence-corrected chi connectivity index (χ2v) is 38.4. The molecule has 0 saturated carbocycles. The molecule has 0 aliphatic rings. The lowest BCUT2D eigenvalue weighted by Crippen LogP contribution is -2.16. The first kappa shape index (κ1) is 76.1. The summed E-state index contributed by atoms with van der Waals surface area (Å²) in [6, 6.07) is 38.0. The SMILES string of the molecule is C#Cc1cncc(-c2ccc(S(=O)(=O)C(C)C)cc2)n1.CC(C)S(=O)(=O)c1ccc(-c2cncc(-c3cc(-c4ccccc4)no3)n2)cc1.CC(C)S(=O)(=O)c1ccc(-c2cncc(C#C[Si](C)(C)C)n2)cc1.CS(=O)(=O)c1ccc(-c2cncc(Cl)n2)cc1.Clc1cncc(Cl)n1. The van der Waals surface area contributed by atoms with Gasteiger partial charge in [-0.25, -0.2) is 58.6 Å². The highest BCUT2D eigenvalue weighted by Crippen LogP contribution is 2.29. The molecule has 0 aliphatic heterocycles. The van der Waals surface area contributed by atoms with E-state index in [0.29, 0.717) is 75.8 Å². The summed E-state index contributed by atoms with van der Waals surface area (Å²) in [5, 5.41) is 3.69. The first-order valence-electron chi connectivity index (χ1n) is 29.7. The van der Waals surface area contributed by atoms with Crippen molar-refractivity contribution in [2.24, 2.45) is 0 Å². The van der Waals surface area contributed by atoms with E-state index in [0.717, 1.165) is 33.5 Å². The summed E-state index contributed by atoms with van der Waals surface area (Å²) in [5.74, 6) is 6.02. The van der Waals surface area contributed by atoms with Crippen LogP contribution in [0.25, 0.3) is 67.7 Å². The summed E-state index contributed by atoms with van der Waals surface area (Å²) in [6.07, 6.45) is 21.9. The molecule has 6 aromatic heterocycles. The molecule has 0 radical (unpaired) electrons. The average molecular weight is 1470 g/mol. The first-order chi connectivity index (χ1) is 46.2. The van der Waals surface area contributed by atoms with Gasteiger partial charge in [-0.05, 0) is 96.0 Å². The van der Waals surface area contributed by atoms with Crippen LogP contribution in [0.4, 0.5) is 0 Å². The molecule has 0 atom stereocenters. The van der Waals surface area contributed by atoms with Crippen LogP contribution in [0.1, 0.15) is 52.9 Å². The maximum atomic E-state index is 12.3. The molecule has 0 bridgehead atoms. The van der Waals surface area contributed by atoms with E-state index in [-0.39, 0.29) is 4.90 Å². The molecule has 5 aromatic carbocycles. The molecular weight excluding hydrogens is 1400 g/mol. The van der Waals surface area contributed by atoms with Crippen molar-refractivity contribution in [1.29, 1.82) is 0 Å². The monoisotopic (exact) mass is 1470 g/mol. The van der Waals surface area contributed by atoms with Crippen LogP contribution < -0.4 is 0 Å². The fraction of sp³-hybridized carbons (Fsp3) is 0.186. The smallest absolute Gasteiger partial charge is 0.187 e. The zero-order chi connectivity index (χ0) is 71.6. The summed E-state index contributed by atoms with van der Waals surface area (Å²) in [5.41, 5.74) is 12.2. The summed E-state index contributed by atoms with van der Waals surface area (Å²) in [7, 11) is -14.5. The highest BCUT2D eigenvalue weighted by molar-refractivity contribution is 7.92. The minimum absolute atomic E-state index is 0.274. The Bertz CT molecular complexity index is 5120. The van der Waals surface area contributed by atoms with Crippen molar-refractivity contribution in [2.75, 3.05) is 6.26 Å². The lowest BCUT2D eigenvalue weighted by atomic mass is 10.1. The van der Waals surface area contributed by atoms with Crippen molar-refractivity contribution in [3.05, 3.63) is 222 Å². The lowest BCUT2D eigenvalue weighted by molar-refractivity contribution is 0.433. The topological polar surface area (TPSA) is 291 Å². The highest BCUT2D eigenvalue weighted by Gasteiger charge is 2.22. The summed E-state index contributed by atoms with van der Waals surface area (Å²) in [4.78, 5) is 42.3. The van der Waals surface area contributed by atoms with E-state index in [9.17, 15) is 33.7 Å². The van der Waals surface area contributed by atoms with E-state index in [1.54, 1.807) is 164 Å². The Balaban J connectivity index is 0.000000180. The van der Waals surface area contributed by atoms with Gasteiger partial charge in [-0.1, -0.05) is 144 Å². The highest BCUT2D eigenvalue weighted by atomic mass is 35.5. The van der Waals surface area contributed by atoms with Crippen molar-refractivity contribution < 1.29 is 38.2 Å². The van der Waals surface area contributed by atoms with Gasteiger partial charge in [0.25, 0.3) is 0 Å². The van der Waals surface area contributed by atoms with Gasteiger partial charge in [0.15, 0.2) is 45.1 Å². The van der Waals surface area contributed by atoms with Crippen molar-refractivity contribution in [2.45, 2.75) is 96.5 Å². The number of aromatic nitrogens is 11. The molecule has 98 heavy (non-hydrogen) atoms. The van der Waals surface area contributed by atoms with Crippen LogP contribution in [0.3, 0.4) is 0 Å². The summed E-state index contributed by atoms with van der Waals surface area (Å²) < 4.78 is 101. The van der Waals surface area contributed by atoms with E-state index < -0.39 is 63.2 Å². The van der Waals surface area contributed by atoms with Gasteiger partial charge in [-0.2, -0.15) is 0 Å². The minimum atomic E-state index is -3.31. The van der Waals surface area contributed by atoms with E-state index in [2.05, 4.69) is 92.0 Å². The third-order valence-electron chi connectivity index (χ3n) is 13.5. The molecule has 0 saturated heterocycles. The second kappa shape index (κ2) is 33.8. The van der Waals surface area contributed by atoms with Crippen molar-refractivity contribution in [1.82, 2.24) is 55.0 Å². The second-order valence-electron chi connectivity index (χ2n) is 23.0. The Kier molecular flexibility index (Phi) is 26.2. The summed E-state index contributed by atoms with van der Waals surface area (Å²) in [6.45, 7) is 16.5. The molecule has 0 fully saturated rings. The van der Waals surface area contributed by atoms with E-state index in [1.165, 1.54) is 43.2 Å². The quantitative estimate of drug-likeness (QED) is 0.0765.